The molecule has 2 N–H and O–H groups in total. The second-order valence-electron chi connectivity index (χ2n) is 14.0. The van der Waals surface area contributed by atoms with E-state index < -0.39 is 10.0 Å². The first kappa shape index (κ1) is 37.4. The first-order valence-corrected chi connectivity index (χ1v) is 21.4. The van der Waals surface area contributed by atoms with Crippen molar-refractivity contribution in [3.8, 4) is 0 Å². The van der Waals surface area contributed by atoms with Gasteiger partial charge < -0.3 is 15.5 Å². The van der Waals surface area contributed by atoms with Gasteiger partial charge in [0.1, 0.15) is 17.4 Å². The first-order valence-electron chi connectivity index (χ1n) is 18.2. The van der Waals surface area contributed by atoms with Crippen LogP contribution in [0.5, 0.6) is 0 Å². The highest BCUT2D eigenvalue weighted by Crippen LogP contribution is 2.33. The summed E-state index contributed by atoms with van der Waals surface area (Å²) in [5.74, 6) is 1.62. The average molecular weight is 893 g/mol. The van der Waals surface area contributed by atoms with Crippen LogP contribution in [0.2, 0.25) is 0 Å². The largest absolute Gasteiger partial charge is 0.366 e. The van der Waals surface area contributed by atoms with Crippen LogP contribution in [-0.4, -0.2) is 88.9 Å². The summed E-state index contributed by atoms with van der Waals surface area (Å²) < 4.78 is 34.2. The Morgan fingerprint density at radius 3 is 2.04 bits per heavy atom. The minimum atomic E-state index is -3.65. The number of carbonyl (C=O) groups excluding carboxylic acids is 1. The number of carbonyl (C=O) groups is 1. The molecule has 0 aromatic carbocycles. The van der Waals surface area contributed by atoms with Crippen LogP contribution in [0, 0.1) is 0 Å². The van der Waals surface area contributed by atoms with E-state index >= 15 is 0 Å². The second-order valence-corrected chi connectivity index (χ2v) is 17.7. The fourth-order valence-electron chi connectivity index (χ4n) is 7.32. The third-order valence-electron chi connectivity index (χ3n) is 10.3. The van der Waals surface area contributed by atoms with Gasteiger partial charge in [0.15, 0.2) is 11.3 Å². The molecule has 8 rings (SSSR count). The number of pyridine rings is 2. The summed E-state index contributed by atoms with van der Waals surface area (Å²) >= 11 is 7.16. The Balaban J connectivity index is 0.924. The van der Waals surface area contributed by atoms with Gasteiger partial charge in [0, 0.05) is 94.4 Å². The van der Waals surface area contributed by atoms with Gasteiger partial charge in [0.05, 0.1) is 32.7 Å². The number of piperidine rings is 2. The van der Waals surface area contributed by atoms with Crippen LogP contribution < -0.4 is 10.6 Å². The SMILES string of the molecule is CC(=O)N1CCC(c2cc(NCc3ccc(CS(=O)(=O)N4CCCC(c5cc(NCc6cccnc6)n6ncc(Br)c6n5)C4)nc3)n3ncc(Br)c3n2)CC1. The number of likely N-dealkylation sites (tertiary alicyclic amines) is 1. The molecule has 6 aromatic rings. The van der Waals surface area contributed by atoms with Crippen molar-refractivity contribution in [2.45, 2.75) is 63.3 Å². The van der Waals surface area contributed by atoms with Crippen LogP contribution in [0.3, 0.4) is 0 Å². The second kappa shape index (κ2) is 15.9. The average Bonchev–Trinajstić information content (AvgIpc) is 3.78. The lowest BCUT2D eigenvalue weighted by atomic mass is 9.93. The molecule has 6 aromatic heterocycles. The Hall–Kier alpha value is -4.52. The lowest BCUT2D eigenvalue weighted by Gasteiger charge is -2.31. The van der Waals surface area contributed by atoms with E-state index in [9.17, 15) is 13.2 Å². The Labute approximate surface area is 335 Å². The molecule has 0 spiro atoms. The van der Waals surface area contributed by atoms with Crippen molar-refractivity contribution in [1.29, 1.82) is 0 Å². The van der Waals surface area contributed by atoms with Crippen LogP contribution in [0.1, 0.15) is 72.7 Å². The number of rotatable bonds is 11. The van der Waals surface area contributed by atoms with Crippen molar-refractivity contribution in [3.63, 3.8) is 0 Å². The van der Waals surface area contributed by atoms with Gasteiger partial charge in [-0.1, -0.05) is 12.1 Å². The van der Waals surface area contributed by atoms with E-state index in [1.54, 1.807) is 51.1 Å². The van der Waals surface area contributed by atoms with Crippen LogP contribution in [0.25, 0.3) is 11.3 Å². The summed E-state index contributed by atoms with van der Waals surface area (Å²) in [6, 6.07) is 11.6. The number of aromatic nitrogens is 8. The number of anilines is 2. The Kier molecular flexibility index (Phi) is 10.8. The van der Waals surface area contributed by atoms with Gasteiger partial charge in [0.25, 0.3) is 0 Å². The van der Waals surface area contributed by atoms with E-state index in [-0.39, 0.29) is 23.5 Å². The number of halogens is 2. The number of nitrogens with zero attached hydrogens (tertiary/aromatic N) is 10. The summed E-state index contributed by atoms with van der Waals surface area (Å²) in [5, 5.41) is 15.9. The van der Waals surface area contributed by atoms with Gasteiger partial charge in [-0.2, -0.15) is 19.2 Å². The number of amides is 1. The molecule has 8 heterocycles. The molecule has 286 valence electrons. The third kappa shape index (κ3) is 8.22. The summed E-state index contributed by atoms with van der Waals surface area (Å²) in [4.78, 5) is 32.3. The van der Waals surface area contributed by atoms with E-state index in [4.69, 9.17) is 9.97 Å². The van der Waals surface area contributed by atoms with E-state index in [1.807, 2.05) is 41.4 Å². The molecule has 15 nitrogen and oxygen atoms in total. The van der Waals surface area contributed by atoms with Crippen molar-refractivity contribution < 1.29 is 13.2 Å². The van der Waals surface area contributed by atoms with Gasteiger partial charge in [0.2, 0.25) is 15.9 Å². The molecule has 0 bridgehead atoms. The maximum atomic E-state index is 13.8. The lowest BCUT2D eigenvalue weighted by Crippen LogP contribution is -2.40. The summed E-state index contributed by atoms with van der Waals surface area (Å²) in [6.07, 6.45) is 12.0. The predicted molar refractivity (Wildman–Crippen MR) is 215 cm³/mol. The number of hydrogen-bond acceptors (Lipinski definition) is 11. The van der Waals surface area contributed by atoms with E-state index in [1.165, 1.54) is 0 Å². The van der Waals surface area contributed by atoms with Gasteiger partial charge >= 0.3 is 0 Å². The highest BCUT2D eigenvalue weighted by Gasteiger charge is 2.32. The number of fused-ring (bicyclic) bond motifs is 2. The van der Waals surface area contributed by atoms with Gasteiger partial charge in [-0.05, 0) is 80.8 Å². The molecule has 1 atom stereocenters. The summed E-state index contributed by atoms with van der Waals surface area (Å²) in [5.41, 5.74) is 5.57. The van der Waals surface area contributed by atoms with Crippen LogP contribution in [0.4, 0.5) is 11.6 Å². The molecule has 55 heavy (non-hydrogen) atoms. The zero-order valence-corrected chi connectivity index (χ0v) is 34.1. The molecule has 0 saturated carbocycles. The predicted octanol–water partition coefficient (Wildman–Crippen LogP) is 5.75. The fourth-order valence-corrected chi connectivity index (χ4v) is 9.56. The number of sulfonamides is 1. The molecular formula is C37H40Br2N12O3S. The van der Waals surface area contributed by atoms with Crippen molar-refractivity contribution in [1.82, 2.24) is 48.4 Å². The zero-order valence-electron chi connectivity index (χ0n) is 30.1. The van der Waals surface area contributed by atoms with Crippen molar-refractivity contribution in [3.05, 3.63) is 105 Å². The maximum absolute atomic E-state index is 13.8. The zero-order chi connectivity index (χ0) is 38.1. The molecule has 2 aliphatic rings. The number of hydrogen-bond donors (Lipinski definition) is 2. The molecule has 18 heteroatoms. The highest BCUT2D eigenvalue weighted by atomic mass is 79.9. The normalized spacial score (nSPS) is 17.2. The highest BCUT2D eigenvalue weighted by molar-refractivity contribution is 9.11. The fraction of sp³-hybridized carbons (Fsp3) is 0.378. The van der Waals surface area contributed by atoms with Gasteiger partial charge in [-0.25, -0.2) is 22.7 Å². The Bertz CT molecular complexity index is 2440. The van der Waals surface area contributed by atoms with E-state index in [0.717, 1.165) is 74.4 Å². The molecule has 0 aliphatic carbocycles. The standard InChI is InChI=1S/C37H40Br2N12O3S/c1-24(52)48-12-8-27(9-13-48)32-14-34(50-36(46-32)30(38)20-44-50)43-19-26-6-7-29(41-17-26)23-55(53,54)49-11-3-5-28(22-49)33-15-35(42-18-25-4-2-10-40-16-25)51-37(47-33)31(39)21-45-51/h2,4,6-7,10,14-17,20-21,27-28,42-43H,3,5,8-9,11-13,18-19,22-23H2,1H3. The van der Waals surface area contributed by atoms with Crippen LogP contribution >= 0.6 is 31.9 Å². The van der Waals surface area contributed by atoms with Gasteiger partial charge in [-0.3, -0.25) is 14.8 Å². The minimum absolute atomic E-state index is 0.0837. The number of nitrogens with one attached hydrogen (secondary N) is 2. The monoisotopic (exact) mass is 890 g/mol. The van der Waals surface area contributed by atoms with E-state index in [0.29, 0.717) is 50.6 Å². The molecule has 1 unspecified atom stereocenters. The van der Waals surface area contributed by atoms with Crippen LogP contribution in [0.15, 0.2) is 76.3 Å². The molecular weight excluding hydrogens is 852 g/mol. The third-order valence-corrected chi connectivity index (χ3v) is 13.2. The summed E-state index contributed by atoms with van der Waals surface area (Å²) in [6.45, 7) is 4.84. The van der Waals surface area contributed by atoms with Crippen molar-refractivity contribution in [2.75, 3.05) is 36.8 Å². The minimum Gasteiger partial charge on any atom is -0.366 e. The topological polar surface area (TPSA) is 168 Å². The summed E-state index contributed by atoms with van der Waals surface area (Å²) in [7, 11) is -3.65. The molecule has 1 amide bonds. The Morgan fingerprint density at radius 1 is 0.818 bits per heavy atom. The maximum Gasteiger partial charge on any atom is 0.219 e. The Morgan fingerprint density at radius 2 is 1.45 bits per heavy atom. The van der Waals surface area contributed by atoms with Gasteiger partial charge in [-0.15, -0.1) is 0 Å². The van der Waals surface area contributed by atoms with E-state index in [2.05, 4.69) is 62.7 Å². The smallest absolute Gasteiger partial charge is 0.219 e. The molecule has 2 fully saturated rings. The van der Waals surface area contributed by atoms with Crippen LogP contribution in [-0.2, 0) is 33.7 Å². The molecule has 0 radical (unpaired) electrons. The first-order chi connectivity index (χ1) is 26.6. The quantitative estimate of drug-likeness (QED) is 0.163. The lowest BCUT2D eigenvalue weighted by molar-refractivity contribution is -0.129. The molecule has 2 aliphatic heterocycles. The molecule has 2 saturated heterocycles. The van der Waals surface area contributed by atoms with Crippen molar-refractivity contribution >= 4 is 70.7 Å². The van der Waals surface area contributed by atoms with Crippen molar-refractivity contribution in [2.24, 2.45) is 0 Å².